The minimum Gasteiger partial charge on any atom is -0.269 e. The van der Waals surface area contributed by atoms with Crippen molar-refractivity contribution in [1.29, 1.82) is 5.26 Å². The Bertz CT molecular complexity index is 762. The number of sulfonamides is 1. The lowest BCUT2D eigenvalue weighted by Crippen LogP contribution is -2.27. The highest BCUT2D eigenvalue weighted by molar-refractivity contribution is 7.92. The summed E-state index contributed by atoms with van der Waals surface area (Å²) >= 11 is 0. The van der Waals surface area contributed by atoms with Crippen molar-refractivity contribution < 1.29 is 8.42 Å². The Morgan fingerprint density at radius 3 is 2.45 bits per heavy atom. The first-order chi connectivity index (χ1) is 9.46. The number of anilines is 1. The van der Waals surface area contributed by atoms with Gasteiger partial charge in [0.05, 0.1) is 5.69 Å². The van der Waals surface area contributed by atoms with E-state index in [1.807, 2.05) is 19.1 Å². The molecule has 1 heterocycles. The number of rotatable bonds is 3. The van der Waals surface area contributed by atoms with Crippen LogP contribution in [0, 0.1) is 18.3 Å². The molecule has 0 saturated heterocycles. The molecule has 6 heteroatoms. The van der Waals surface area contributed by atoms with Gasteiger partial charge in [0.15, 0.2) is 5.69 Å². The van der Waals surface area contributed by atoms with Crippen molar-refractivity contribution in [2.45, 2.75) is 11.8 Å². The van der Waals surface area contributed by atoms with Gasteiger partial charge in [0, 0.05) is 13.2 Å². The quantitative estimate of drug-likeness (QED) is 0.866. The van der Waals surface area contributed by atoms with Crippen LogP contribution in [0.4, 0.5) is 5.69 Å². The van der Waals surface area contributed by atoms with Gasteiger partial charge in [0.1, 0.15) is 11.0 Å². The van der Waals surface area contributed by atoms with Gasteiger partial charge >= 0.3 is 0 Å². The number of pyridine rings is 1. The van der Waals surface area contributed by atoms with E-state index in [1.54, 1.807) is 18.2 Å². The summed E-state index contributed by atoms with van der Waals surface area (Å²) in [6, 6.07) is 11.8. The van der Waals surface area contributed by atoms with Gasteiger partial charge in [-0.05, 0) is 31.2 Å². The predicted octanol–water partition coefficient (Wildman–Crippen LogP) is 2.09. The molecule has 0 unspecified atom stereocenters. The molecule has 0 spiro atoms. The number of nitriles is 1. The van der Waals surface area contributed by atoms with E-state index in [0.717, 1.165) is 9.87 Å². The van der Waals surface area contributed by atoms with Crippen molar-refractivity contribution in [3.05, 3.63) is 53.9 Å². The third-order valence-electron chi connectivity index (χ3n) is 2.91. The maximum Gasteiger partial charge on any atom is 0.266 e. The largest absolute Gasteiger partial charge is 0.269 e. The van der Waals surface area contributed by atoms with Gasteiger partial charge in [-0.2, -0.15) is 5.26 Å². The van der Waals surface area contributed by atoms with Gasteiger partial charge in [-0.3, -0.25) is 4.31 Å². The minimum absolute atomic E-state index is 0.0921. The zero-order valence-corrected chi connectivity index (χ0v) is 11.9. The molecule has 20 heavy (non-hydrogen) atoms. The molecule has 0 fully saturated rings. The molecular weight excluding hydrogens is 274 g/mol. The maximum absolute atomic E-state index is 12.5. The van der Waals surface area contributed by atoms with Crippen LogP contribution in [0.1, 0.15) is 11.3 Å². The first-order valence-corrected chi connectivity index (χ1v) is 7.31. The summed E-state index contributed by atoms with van der Waals surface area (Å²) in [4.78, 5) is 3.69. The topological polar surface area (TPSA) is 74.1 Å². The molecule has 0 aliphatic rings. The summed E-state index contributed by atoms with van der Waals surface area (Å²) in [5.41, 5.74) is 1.47. The highest BCUT2D eigenvalue weighted by atomic mass is 32.2. The van der Waals surface area contributed by atoms with Crippen LogP contribution in [0.3, 0.4) is 0 Å². The molecule has 5 nitrogen and oxygen atoms in total. The fraction of sp³-hybridized carbons (Fsp3) is 0.143. The van der Waals surface area contributed by atoms with Crippen LogP contribution in [-0.2, 0) is 10.0 Å². The molecule has 102 valence electrons. The van der Waals surface area contributed by atoms with Crippen LogP contribution < -0.4 is 4.31 Å². The van der Waals surface area contributed by atoms with Gasteiger partial charge in [-0.1, -0.05) is 17.7 Å². The Labute approximate surface area is 118 Å². The standard InChI is InChI=1S/C14H13N3O2S/c1-11-5-7-12(8-6-11)17(2)20(18,19)14-4-3-9-16-13(14)10-15/h3-9H,1-2H3. The Balaban J connectivity index is 2.50. The second-order valence-electron chi connectivity index (χ2n) is 4.27. The van der Waals surface area contributed by atoms with Crippen LogP contribution in [0.15, 0.2) is 47.5 Å². The Morgan fingerprint density at radius 1 is 1.20 bits per heavy atom. The van der Waals surface area contributed by atoms with Crippen molar-refractivity contribution in [1.82, 2.24) is 4.98 Å². The van der Waals surface area contributed by atoms with Gasteiger partial charge in [0.2, 0.25) is 0 Å². The van der Waals surface area contributed by atoms with Crippen LogP contribution in [0.5, 0.6) is 0 Å². The third kappa shape index (κ3) is 2.49. The van der Waals surface area contributed by atoms with E-state index in [-0.39, 0.29) is 10.6 Å². The lowest BCUT2D eigenvalue weighted by atomic mass is 10.2. The molecule has 0 aliphatic carbocycles. The first-order valence-electron chi connectivity index (χ1n) is 5.87. The highest BCUT2D eigenvalue weighted by Crippen LogP contribution is 2.23. The minimum atomic E-state index is -3.80. The van der Waals surface area contributed by atoms with E-state index in [1.165, 1.54) is 25.4 Å². The number of hydrogen-bond acceptors (Lipinski definition) is 4. The number of aryl methyl sites for hydroxylation is 1. The van der Waals surface area contributed by atoms with Crippen LogP contribution in [0.25, 0.3) is 0 Å². The van der Waals surface area contributed by atoms with Crippen molar-refractivity contribution >= 4 is 15.7 Å². The molecule has 2 rings (SSSR count). The lowest BCUT2D eigenvalue weighted by Gasteiger charge is -2.19. The first kappa shape index (κ1) is 14.0. The van der Waals surface area contributed by atoms with Crippen LogP contribution in [-0.4, -0.2) is 20.4 Å². The fourth-order valence-corrected chi connectivity index (χ4v) is 3.01. The number of hydrogen-bond donors (Lipinski definition) is 0. The van der Waals surface area contributed by atoms with Crippen LogP contribution >= 0.6 is 0 Å². The lowest BCUT2D eigenvalue weighted by molar-refractivity contribution is 0.593. The van der Waals surface area contributed by atoms with Gasteiger partial charge in [0.25, 0.3) is 10.0 Å². The van der Waals surface area contributed by atoms with E-state index in [0.29, 0.717) is 5.69 Å². The highest BCUT2D eigenvalue weighted by Gasteiger charge is 2.24. The maximum atomic E-state index is 12.5. The molecule has 0 radical (unpaired) electrons. The Hall–Kier alpha value is -2.39. The predicted molar refractivity (Wildman–Crippen MR) is 75.7 cm³/mol. The second-order valence-corrected chi connectivity index (χ2v) is 6.21. The zero-order chi connectivity index (χ0) is 14.8. The normalized spacial score (nSPS) is 10.8. The van der Waals surface area contributed by atoms with Crippen molar-refractivity contribution in [2.75, 3.05) is 11.4 Å². The van der Waals surface area contributed by atoms with Crippen molar-refractivity contribution in [3.8, 4) is 6.07 Å². The molecule has 0 bridgehead atoms. The number of nitrogens with zero attached hydrogens (tertiary/aromatic N) is 3. The zero-order valence-electron chi connectivity index (χ0n) is 11.1. The average molecular weight is 287 g/mol. The van der Waals surface area contributed by atoms with E-state index in [4.69, 9.17) is 5.26 Å². The van der Waals surface area contributed by atoms with Crippen LogP contribution in [0.2, 0.25) is 0 Å². The Morgan fingerprint density at radius 2 is 1.85 bits per heavy atom. The second kappa shape index (κ2) is 5.31. The van der Waals surface area contributed by atoms with E-state index in [9.17, 15) is 8.42 Å². The number of aromatic nitrogens is 1. The molecule has 1 aromatic heterocycles. The monoisotopic (exact) mass is 287 g/mol. The summed E-state index contributed by atoms with van der Waals surface area (Å²) in [7, 11) is -2.35. The summed E-state index contributed by atoms with van der Waals surface area (Å²) in [5, 5.41) is 8.98. The summed E-state index contributed by atoms with van der Waals surface area (Å²) in [5.74, 6) is 0. The van der Waals surface area contributed by atoms with Gasteiger partial charge in [-0.15, -0.1) is 0 Å². The fourth-order valence-electron chi connectivity index (χ4n) is 1.72. The smallest absolute Gasteiger partial charge is 0.266 e. The molecule has 1 aromatic carbocycles. The van der Waals surface area contributed by atoms with Crippen molar-refractivity contribution in [3.63, 3.8) is 0 Å². The Kier molecular flexibility index (Phi) is 3.72. The molecule has 0 amide bonds. The van der Waals surface area contributed by atoms with E-state index in [2.05, 4.69) is 4.98 Å². The summed E-state index contributed by atoms with van der Waals surface area (Å²) in [6.45, 7) is 1.92. The van der Waals surface area contributed by atoms with E-state index >= 15 is 0 Å². The molecule has 0 aliphatic heterocycles. The molecule has 0 atom stereocenters. The van der Waals surface area contributed by atoms with Crippen molar-refractivity contribution in [2.24, 2.45) is 0 Å². The molecule has 0 saturated carbocycles. The average Bonchev–Trinajstić information content (AvgIpc) is 2.47. The third-order valence-corrected chi connectivity index (χ3v) is 4.73. The SMILES string of the molecule is Cc1ccc(N(C)S(=O)(=O)c2cccnc2C#N)cc1. The summed E-state index contributed by atoms with van der Waals surface area (Å²) in [6.07, 6.45) is 1.39. The molecule has 2 aromatic rings. The number of benzene rings is 1. The van der Waals surface area contributed by atoms with Gasteiger partial charge in [-0.25, -0.2) is 13.4 Å². The molecular formula is C14H13N3O2S. The summed E-state index contributed by atoms with van der Waals surface area (Å²) < 4.78 is 26.2. The van der Waals surface area contributed by atoms with Gasteiger partial charge < -0.3 is 0 Å². The molecule has 0 N–H and O–H groups in total. The van der Waals surface area contributed by atoms with E-state index < -0.39 is 10.0 Å².